The Hall–Kier alpha value is -0.610. The molecule has 0 aromatic rings. The summed E-state index contributed by atoms with van der Waals surface area (Å²) < 4.78 is 5.58. The molecule has 0 aromatic heterocycles. The molecule has 3 fully saturated rings. The summed E-state index contributed by atoms with van der Waals surface area (Å²) in [5.41, 5.74) is 0. The van der Waals surface area contributed by atoms with Gasteiger partial charge in [-0.2, -0.15) is 0 Å². The number of carbonyl (C=O) groups excluding carboxylic acids is 1. The molecule has 0 aromatic carbocycles. The van der Waals surface area contributed by atoms with Crippen molar-refractivity contribution in [2.24, 2.45) is 5.92 Å². The number of amides is 1. The van der Waals surface area contributed by atoms with Gasteiger partial charge in [0.2, 0.25) is 5.91 Å². The number of likely N-dealkylation sites (N-methyl/N-ethyl adjacent to an activating group) is 1. The number of hydrogen-bond donors (Lipinski definition) is 0. The zero-order valence-electron chi connectivity index (χ0n) is 9.19. The van der Waals surface area contributed by atoms with Crippen molar-refractivity contribution in [2.45, 2.75) is 25.0 Å². The molecule has 0 N–H and O–H groups in total. The van der Waals surface area contributed by atoms with E-state index in [0.29, 0.717) is 12.6 Å². The summed E-state index contributed by atoms with van der Waals surface area (Å²) in [5, 5.41) is 0. The molecule has 0 spiro atoms. The lowest BCUT2D eigenvalue weighted by molar-refractivity contribution is -0.153. The minimum Gasteiger partial charge on any atom is -0.365 e. The number of rotatable bonds is 2. The van der Waals surface area contributed by atoms with Crippen LogP contribution < -0.4 is 0 Å². The van der Waals surface area contributed by atoms with Crippen molar-refractivity contribution in [1.82, 2.24) is 9.80 Å². The van der Waals surface area contributed by atoms with E-state index in [2.05, 4.69) is 16.8 Å². The van der Waals surface area contributed by atoms with E-state index in [-0.39, 0.29) is 12.0 Å². The van der Waals surface area contributed by atoms with Crippen LogP contribution in [0.2, 0.25) is 0 Å². The fourth-order valence-electron chi connectivity index (χ4n) is 2.67. The second-order valence-corrected chi connectivity index (χ2v) is 5.13. The van der Waals surface area contributed by atoms with Crippen molar-refractivity contribution in [3.8, 4) is 0 Å². The molecule has 3 rings (SSSR count). The van der Waals surface area contributed by atoms with Crippen LogP contribution in [0.15, 0.2) is 0 Å². The van der Waals surface area contributed by atoms with Crippen LogP contribution in [0.1, 0.15) is 12.8 Å². The van der Waals surface area contributed by atoms with Gasteiger partial charge in [-0.25, -0.2) is 0 Å². The van der Waals surface area contributed by atoms with Crippen LogP contribution >= 0.6 is 0 Å². The summed E-state index contributed by atoms with van der Waals surface area (Å²) in [5.74, 6) is 0.969. The lowest BCUT2D eigenvalue weighted by atomic mass is 10.1. The minimum absolute atomic E-state index is 0.193. The van der Waals surface area contributed by atoms with Gasteiger partial charge in [-0.3, -0.25) is 4.79 Å². The van der Waals surface area contributed by atoms with E-state index in [1.807, 2.05) is 0 Å². The maximum absolute atomic E-state index is 11.8. The number of nitrogens with zero attached hydrogens (tertiary/aromatic N) is 2. The third-order valence-corrected chi connectivity index (χ3v) is 3.71. The molecule has 0 radical (unpaired) electrons. The summed E-state index contributed by atoms with van der Waals surface area (Å²) in [6.45, 7) is 3.21. The highest BCUT2D eigenvalue weighted by Gasteiger charge is 2.43. The first-order valence-electron chi connectivity index (χ1n) is 5.83. The summed E-state index contributed by atoms with van der Waals surface area (Å²) in [4.78, 5) is 16.1. The van der Waals surface area contributed by atoms with Gasteiger partial charge in [0, 0.05) is 19.6 Å². The fourth-order valence-corrected chi connectivity index (χ4v) is 2.67. The summed E-state index contributed by atoms with van der Waals surface area (Å²) >= 11 is 0. The molecule has 1 saturated carbocycles. The molecular formula is C11H18N2O2. The van der Waals surface area contributed by atoms with Gasteiger partial charge in [0.1, 0.15) is 6.61 Å². The Labute approximate surface area is 90.2 Å². The highest BCUT2D eigenvalue weighted by Crippen LogP contribution is 2.32. The Morgan fingerprint density at radius 3 is 2.93 bits per heavy atom. The average Bonchev–Trinajstić information content (AvgIpc) is 2.93. The number of carbonyl (C=O) groups is 1. The number of fused-ring (bicyclic) bond motifs is 1. The molecule has 3 aliphatic rings. The molecule has 1 amide bonds. The van der Waals surface area contributed by atoms with Crippen LogP contribution in [-0.4, -0.2) is 61.1 Å². The number of hydrogen-bond acceptors (Lipinski definition) is 3. The van der Waals surface area contributed by atoms with Gasteiger partial charge in [0.25, 0.3) is 0 Å². The molecule has 4 heteroatoms. The predicted molar refractivity (Wildman–Crippen MR) is 55.5 cm³/mol. The summed E-state index contributed by atoms with van der Waals surface area (Å²) in [7, 11) is 2.10. The van der Waals surface area contributed by atoms with Crippen molar-refractivity contribution in [3.63, 3.8) is 0 Å². The summed E-state index contributed by atoms with van der Waals surface area (Å²) in [6.07, 6.45) is 2.86. The van der Waals surface area contributed by atoms with Crippen LogP contribution in [0.5, 0.6) is 0 Å². The lowest BCUT2D eigenvalue weighted by Crippen LogP contribution is -2.54. The largest absolute Gasteiger partial charge is 0.365 e. The standard InChI is InChI=1S/C11H18N2O2/c1-12-5-9-10(6-12)15-7-11(14)13(9)4-8-2-3-8/h8-10H,2-7H2,1H3/t9-,10+/m1/s1. The van der Waals surface area contributed by atoms with E-state index < -0.39 is 0 Å². The maximum Gasteiger partial charge on any atom is 0.248 e. The maximum atomic E-state index is 11.8. The average molecular weight is 210 g/mol. The van der Waals surface area contributed by atoms with E-state index in [1.54, 1.807) is 0 Å². The molecule has 2 saturated heterocycles. The van der Waals surface area contributed by atoms with Crippen LogP contribution in [0.3, 0.4) is 0 Å². The smallest absolute Gasteiger partial charge is 0.248 e. The number of morpholine rings is 1. The molecule has 2 heterocycles. The van der Waals surface area contributed by atoms with Crippen molar-refractivity contribution in [3.05, 3.63) is 0 Å². The molecule has 2 atom stereocenters. The highest BCUT2D eigenvalue weighted by molar-refractivity contribution is 5.78. The highest BCUT2D eigenvalue weighted by atomic mass is 16.5. The van der Waals surface area contributed by atoms with E-state index in [0.717, 1.165) is 25.6 Å². The number of ether oxygens (including phenoxy) is 1. The van der Waals surface area contributed by atoms with Gasteiger partial charge in [0.15, 0.2) is 0 Å². The van der Waals surface area contributed by atoms with E-state index in [9.17, 15) is 4.79 Å². The molecule has 0 bridgehead atoms. The summed E-state index contributed by atoms with van der Waals surface area (Å²) in [6, 6.07) is 0.317. The Kier molecular flexibility index (Phi) is 2.21. The SMILES string of the molecule is CN1C[C@@H]2OCC(=O)N(CC3CC3)[C@@H]2C1. The van der Waals surface area contributed by atoms with Gasteiger partial charge >= 0.3 is 0 Å². The van der Waals surface area contributed by atoms with Crippen molar-refractivity contribution < 1.29 is 9.53 Å². The van der Waals surface area contributed by atoms with Crippen molar-refractivity contribution >= 4 is 5.91 Å². The second kappa shape index (κ2) is 3.46. The molecule has 0 unspecified atom stereocenters. The van der Waals surface area contributed by atoms with Gasteiger partial charge in [-0.1, -0.05) is 0 Å². The van der Waals surface area contributed by atoms with E-state index in [1.165, 1.54) is 12.8 Å². The normalized spacial score (nSPS) is 37.1. The molecular weight excluding hydrogens is 192 g/mol. The quantitative estimate of drug-likeness (QED) is 0.640. The topological polar surface area (TPSA) is 32.8 Å². The van der Waals surface area contributed by atoms with Crippen molar-refractivity contribution in [1.29, 1.82) is 0 Å². The lowest BCUT2D eigenvalue weighted by Gasteiger charge is -2.36. The number of likely N-dealkylation sites (tertiary alicyclic amines) is 1. The minimum atomic E-state index is 0.193. The first-order valence-corrected chi connectivity index (χ1v) is 5.83. The third kappa shape index (κ3) is 1.76. The Morgan fingerprint density at radius 1 is 1.40 bits per heavy atom. The molecule has 84 valence electrons. The van der Waals surface area contributed by atoms with Gasteiger partial charge in [0.05, 0.1) is 12.1 Å². The van der Waals surface area contributed by atoms with Crippen LogP contribution in [0, 0.1) is 5.92 Å². The molecule has 2 aliphatic heterocycles. The Bertz CT molecular complexity index is 278. The Balaban J connectivity index is 1.73. The zero-order valence-corrected chi connectivity index (χ0v) is 9.19. The fraction of sp³-hybridized carbons (Fsp3) is 0.909. The zero-order chi connectivity index (χ0) is 10.4. The molecule has 15 heavy (non-hydrogen) atoms. The van der Waals surface area contributed by atoms with Gasteiger partial charge in [-0.15, -0.1) is 0 Å². The van der Waals surface area contributed by atoms with Gasteiger partial charge < -0.3 is 14.5 Å². The van der Waals surface area contributed by atoms with Crippen LogP contribution in [0.25, 0.3) is 0 Å². The Morgan fingerprint density at radius 2 is 2.20 bits per heavy atom. The van der Waals surface area contributed by atoms with Crippen molar-refractivity contribution in [2.75, 3.05) is 33.3 Å². The third-order valence-electron chi connectivity index (χ3n) is 3.71. The first kappa shape index (κ1) is 9.60. The second-order valence-electron chi connectivity index (χ2n) is 5.13. The first-order chi connectivity index (χ1) is 7.24. The molecule has 1 aliphatic carbocycles. The van der Waals surface area contributed by atoms with Crippen LogP contribution in [0.4, 0.5) is 0 Å². The van der Waals surface area contributed by atoms with Gasteiger partial charge in [-0.05, 0) is 25.8 Å². The van der Waals surface area contributed by atoms with Crippen LogP contribution in [-0.2, 0) is 9.53 Å². The molecule has 4 nitrogen and oxygen atoms in total. The monoisotopic (exact) mass is 210 g/mol. The van der Waals surface area contributed by atoms with E-state index in [4.69, 9.17) is 4.74 Å². The predicted octanol–water partition coefficient (Wildman–Crippen LogP) is -0.0622. The van der Waals surface area contributed by atoms with E-state index >= 15 is 0 Å².